The zero-order valence-electron chi connectivity index (χ0n) is 8.41. The maximum atomic E-state index is 13.3. The Morgan fingerprint density at radius 3 is 3.00 bits per heavy atom. The molecule has 2 N–H and O–H groups in total. The third kappa shape index (κ3) is 2.51. The molecule has 1 aliphatic carbocycles. The molecule has 0 amide bonds. The highest BCUT2D eigenvalue weighted by molar-refractivity contribution is 6.30. The van der Waals surface area contributed by atoms with Crippen LogP contribution in [-0.2, 0) is 11.3 Å². The van der Waals surface area contributed by atoms with Crippen molar-refractivity contribution < 1.29 is 14.3 Å². The first kappa shape index (κ1) is 11.4. The number of hydrogen-bond acceptors (Lipinski definition) is 2. The van der Waals surface area contributed by atoms with Crippen LogP contribution in [0.25, 0.3) is 0 Å². The lowest BCUT2D eigenvalue weighted by Crippen LogP contribution is -2.20. The third-order valence-corrected chi connectivity index (χ3v) is 2.91. The quantitative estimate of drug-likeness (QED) is 0.851. The predicted octanol–water partition coefficient (Wildman–Crippen LogP) is 2.04. The first-order valence-corrected chi connectivity index (χ1v) is 5.36. The SMILES string of the molecule is O=C(O)C1CC1NCc1cc(Cl)ccc1F. The van der Waals surface area contributed by atoms with Gasteiger partial charge in [0.25, 0.3) is 0 Å². The van der Waals surface area contributed by atoms with E-state index in [1.165, 1.54) is 12.1 Å². The van der Waals surface area contributed by atoms with Crippen molar-refractivity contribution in [2.75, 3.05) is 0 Å². The number of benzene rings is 1. The molecule has 2 unspecified atom stereocenters. The lowest BCUT2D eigenvalue weighted by atomic mass is 10.2. The standard InChI is InChI=1S/C11H11ClFNO2/c12-7-1-2-9(13)6(3-7)5-14-10-4-8(10)11(15)16/h1-3,8,10,14H,4-5H2,(H,15,16). The van der Waals surface area contributed by atoms with Gasteiger partial charge in [-0.15, -0.1) is 0 Å². The van der Waals surface area contributed by atoms with Crippen molar-refractivity contribution in [1.29, 1.82) is 0 Å². The monoisotopic (exact) mass is 243 g/mol. The smallest absolute Gasteiger partial charge is 0.308 e. The van der Waals surface area contributed by atoms with Crippen LogP contribution >= 0.6 is 11.6 Å². The van der Waals surface area contributed by atoms with E-state index in [1.807, 2.05) is 0 Å². The van der Waals surface area contributed by atoms with E-state index < -0.39 is 5.97 Å². The van der Waals surface area contributed by atoms with Crippen LogP contribution in [0, 0.1) is 11.7 Å². The fourth-order valence-corrected chi connectivity index (χ4v) is 1.81. The van der Waals surface area contributed by atoms with Crippen molar-refractivity contribution in [1.82, 2.24) is 5.32 Å². The zero-order chi connectivity index (χ0) is 11.7. The highest BCUT2D eigenvalue weighted by Gasteiger charge is 2.42. The summed E-state index contributed by atoms with van der Waals surface area (Å²) in [4.78, 5) is 10.6. The van der Waals surface area contributed by atoms with Gasteiger partial charge in [-0.2, -0.15) is 0 Å². The number of halogens is 2. The van der Waals surface area contributed by atoms with Crippen LogP contribution in [0.5, 0.6) is 0 Å². The summed E-state index contributed by atoms with van der Waals surface area (Å²) < 4.78 is 13.3. The molecule has 2 atom stereocenters. The summed E-state index contributed by atoms with van der Waals surface area (Å²) in [5.74, 6) is -1.46. The molecule has 0 saturated heterocycles. The van der Waals surface area contributed by atoms with Gasteiger partial charge in [0.2, 0.25) is 0 Å². The summed E-state index contributed by atoms with van der Waals surface area (Å²) in [5, 5.41) is 12.2. The Kier molecular flexibility index (Phi) is 3.12. The van der Waals surface area contributed by atoms with Gasteiger partial charge in [-0.05, 0) is 24.6 Å². The molecule has 0 bridgehead atoms. The molecule has 3 nitrogen and oxygen atoms in total. The van der Waals surface area contributed by atoms with Gasteiger partial charge in [-0.1, -0.05) is 11.6 Å². The van der Waals surface area contributed by atoms with E-state index in [0.717, 1.165) is 0 Å². The van der Waals surface area contributed by atoms with Gasteiger partial charge in [0.1, 0.15) is 5.82 Å². The normalized spacial score (nSPS) is 23.1. The largest absolute Gasteiger partial charge is 0.481 e. The second-order valence-electron chi connectivity index (χ2n) is 3.90. The van der Waals surface area contributed by atoms with E-state index in [4.69, 9.17) is 16.7 Å². The van der Waals surface area contributed by atoms with Gasteiger partial charge < -0.3 is 10.4 Å². The Labute approximate surface area is 97.2 Å². The van der Waals surface area contributed by atoms with E-state index >= 15 is 0 Å². The molecule has 1 aliphatic rings. The third-order valence-electron chi connectivity index (χ3n) is 2.67. The molecule has 1 fully saturated rings. The number of carbonyl (C=O) groups is 1. The van der Waals surface area contributed by atoms with Crippen LogP contribution in [0.2, 0.25) is 5.02 Å². The van der Waals surface area contributed by atoms with Gasteiger partial charge in [0, 0.05) is 23.2 Å². The average molecular weight is 244 g/mol. The summed E-state index contributed by atoms with van der Waals surface area (Å²) in [6.45, 7) is 0.306. The minimum atomic E-state index is -0.802. The molecule has 0 aromatic heterocycles. The predicted molar refractivity (Wildman–Crippen MR) is 57.8 cm³/mol. The molecule has 5 heteroatoms. The van der Waals surface area contributed by atoms with E-state index in [1.54, 1.807) is 6.07 Å². The number of nitrogens with one attached hydrogen (secondary N) is 1. The molecule has 2 rings (SSSR count). The van der Waals surface area contributed by atoms with Gasteiger partial charge in [-0.3, -0.25) is 4.79 Å². The maximum absolute atomic E-state index is 13.3. The van der Waals surface area contributed by atoms with Gasteiger partial charge in [-0.25, -0.2) is 4.39 Å². The first-order chi connectivity index (χ1) is 7.58. The highest BCUT2D eigenvalue weighted by Crippen LogP contribution is 2.30. The van der Waals surface area contributed by atoms with Gasteiger partial charge in [0.05, 0.1) is 5.92 Å². The molecule has 1 aromatic carbocycles. The Morgan fingerprint density at radius 2 is 2.38 bits per heavy atom. The van der Waals surface area contributed by atoms with Crippen molar-refractivity contribution in [3.05, 3.63) is 34.6 Å². The van der Waals surface area contributed by atoms with Crippen LogP contribution in [0.15, 0.2) is 18.2 Å². The Hall–Kier alpha value is -1.13. The number of carboxylic acid groups (broad SMARTS) is 1. The van der Waals surface area contributed by atoms with E-state index in [-0.39, 0.29) is 17.8 Å². The summed E-state index contributed by atoms with van der Waals surface area (Å²) in [7, 11) is 0. The second kappa shape index (κ2) is 4.39. The number of carboxylic acids is 1. The number of aliphatic carboxylic acids is 1. The zero-order valence-corrected chi connectivity index (χ0v) is 9.17. The van der Waals surface area contributed by atoms with Crippen LogP contribution in [0.3, 0.4) is 0 Å². The first-order valence-electron chi connectivity index (χ1n) is 4.98. The number of rotatable bonds is 4. The average Bonchev–Trinajstić information content (AvgIpc) is 2.99. The van der Waals surface area contributed by atoms with Crippen LogP contribution < -0.4 is 5.32 Å². The van der Waals surface area contributed by atoms with Crippen molar-refractivity contribution >= 4 is 17.6 Å². The van der Waals surface area contributed by atoms with Gasteiger partial charge >= 0.3 is 5.97 Å². The van der Waals surface area contributed by atoms with Gasteiger partial charge in [0.15, 0.2) is 0 Å². The van der Waals surface area contributed by atoms with Crippen LogP contribution in [0.1, 0.15) is 12.0 Å². The fourth-order valence-electron chi connectivity index (χ4n) is 1.61. The van der Waals surface area contributed by atoms with Crippen LogP contribution in [0.4, 0.5) is 4.39 Å². The molecule has 0 spiro atoms. The molecule has 16 heavy (non-hydrogen) atoms. The number of hydrogen-bond donors (Lipinski definition) is 2. The topological polar surface area (TPSA) is 49.3 Å². The Bertz CT molecular complexity index is 424. The molecule has 0 aliphatic heterocycles. The van der Waals surface area contributed by atoms with Crippen molar-refractivity contribution in [3.8, 4) is 0 Å². The summed E-state index contributed by atoms with van der Waals surface area (Å²) >= 11 is 5.74. The van der Waals surface area contributed by atoms with Crippen molar-refractivity contribution in [2.24, 2.45) is 5.92 Å². The minimum Gasteiger partial charge on any atom is -0.481 e. The summed E-state index contributed by atoms with van der Waals surface area (Å²) in [6.07, 6.45) is 0.609. The Balaban J connectivity index is 1.91. The summed E-state index contributed by atoms with van der Waals surface area (Å²) in [6, 6.07) is 4.29. The highest BCUT2D eigenvalue weighted by atomic mass is 35.5. The van der Waals surface area contributed by atoms with E-state index in [0.29, 0.717) is 23.6 Å². The molecule has 1 aromatic rings. The lowest BCUT2D eigenvalue weighted by Gasteiger charge is -2.05. The summed E-state index contributed by atoms with van der Waals surface area (Å²) in [5.41, 5.74) is 0.462. The fraction of sp³-hybridized carbons (Fsp3) is 0.364. The molecular weight excluding hydrogens is 233 g/mol. The lowest BCUT2D eigenvalue weighted by molar-refractivity contribution is -0.138. The Morgan fingerprint density at radius 1 is 1.62 bits per heavy atom. The van der Waals surface area contributed by atoms with Crippen LogP contribution in [-0.4, -0.2) is 17.1 Å². The van der Waals surface area contributed by atoms with E-state index in [2.05, 4.69) is 5.32 Å². The molecule has 86 valence electrons. The molecule has 1 saturated carbocycles. The molecule has 0 heterocycles. The maximum Gasteiger partial charge on any atom is 0.308 e. The van der Waals surface area contributed by atoms with Crippen molar-refractivity contribution in [3.63, 3.8) is 0 Å². The van der Waals surface area contributed by atoms with Crippen molar-refractivity contribution in [2.45, 2.75) is 19.0 Å². The second-order valence-corrected chi connectivity index (χ2v) is 4.34. The van der Waals surface area contributed by atoms with E-state index in [9.17, 15) is 9.18 Å². The molecule has 0 radical (unpaired) electrons. The molecular formula is C11H11ClFNO2. The minimum absolute atomic E-state index is 0.0455.